The van der Waals surface area contributed by atoms with Gasteiger partial charge >= 0.3 is 0 Å². The van der Waals surface area contributed by atoms with Crippen molar-refractivity contribution in [3.8, 4) is 0 Å². The van der Waals surface area contributed by atoms with Crippen LogP contribution in [-0.4, -0.2) is 49.3 Å². The van der Waals surface area contributed by atoms with Crippen molar-refractivity contribution in [3.63, 3.8) is 0 Å². The first kappa shape index (κ1) is 25.5. The molecule has 0 radical (unpaired) electrons. The van der Waals surface area contributed by atoms with E-state index in [0.717, 1.165) is 67.5 Å². The van der Waals surface area contributed by atoms with Crippen molar-refractivity contribution in [2.24, 2.45) is 0 Å². The van der Waals surface area contributed by atoms with E-state index in [4.69, 9.17) is 4.74 Å². The minimum atomic E-state index is -0.198. The third-order valence-corrected chi connectivity index (χ3v) is 7.60. The van der Waals surface area contributed by atoms with Crippen LogP contribution in [0.25, 0.3) is 10.9 Å². The lowest BCUT2D eigenvalue weighted by Gasteiger charge is -2.34. The number of rotatable bonds is 10. The molecule has 1 fully saturated rings. The molecule has 0 aliphatic carbocycles. The van der Waals surface area contributed by atoms with Crippen molar-refractivity contribution in [1.82, 2.24) is 30.1 Å². The van der Waals surface area contributed by atoms with E-state index < -0.39 is 0 Å². The Morgan fingerprint density at radius 2 is 2.00 bits per heavy atom. The fourth-order valence-corrected chi connectivity index (χ4v) is 4.94. The zero-order valence-electron chi connectivity index (χ0n) is 22.1. The minimum absolute atomic E-state index is 0.0140. The molecule has 0 amide bonds. The summed E-state index contributed by atoms with van der Waals surface area (Å²) in [7, 11) is 0. The number of nitrogens with one attached hydrogen (secondary N) is 1. The second kappa shape index (κ2) is 10.6. The fraction of sp³-hybridized carbons (Fsp3) is 0.630. The third kappa shape index (κ3) is 5.48. The number of ether oxygens (including phenoxy) is 1. The molecule has 2 atom stereocenters. The lowest BCUT2D eigenvalue weighted by atomic mass is 10.00. The molecule has 2 aromatic heterocycles. The molecule has 8 nitrogen and oxygen atoms in total. The molecule has 1 aliphatic rings. The SMILES string of the molecule is CCCC(c1nnnn1C(C)(C)CC)N(Cc1cc2cc(C)c(C)cc2[nH]c1=O)CC1CCCO1. The number of pyridine rings is 1. The summed E-state index contributed by atoms with van der Waals surface area (Å²) in [6.07, 6.45) is 5.07. The zero-order chi connectivity index (χ0) is 25.2. The summed E-state index contributed by atoms with van der Waals surface area (Å²) in [5.41, 5.74) is 3.79. The highest BCUT2D eigenvalue weighted by Gasteiger charge is 2.33. The number of aryl methyl sites for hydroxylation is 2. The number of hydrogen-bond donors (Lipinski definition) is 1. The minimum Gasteiger partial charge on any atom is -0.377 e. The van der Waals surface area contributed by atoms with E-state index in [1.165, 1.54) is 11.1 Å². The largest absolute Gasteiger partial charge is 0.377 e. The van der Waals surface area contributed by atoms with Crippen LogP contribution in [0.5, 0.6) is 0 Å². The molecule has 1 N–H and O–H groups in total. The first-order chi connectivity index (χ1) is 16.7. The number of hydrogen-bond acceptors (Lipinski definition) is 6. The van der Waals surface area contributed by atoms with Crippen LogP contribution >= 0.6 is 0 Å². The maximum Gasteiger partial charge on any atom is 0.252 e. The Morgan fingerprint density at radius 3 is 2.69 bits per heavy atom. The molecule has 0 spiro atoms. The van der Waals surface area contributed by atoms with E-state index in [0.29, 0.717) is 6.54 Å². The maximum absolute atomic E-state index is 13.2. The van der Waals surface area contributed by atoms with Crippen LogP contribution in [0.4, 0.5) is 0 Å². The van der Waals surface area contributed by atoms with Crippen molar-refractivity contribution >= 4 is 10.9 Å². The fourth-order valence-electron chi connectivity index (χ4n) is 4.94. The molecule has 3 heterocycles. The highest BCUT2D eigenvalue weighted by Crippen LogP contribution is 2.31. The highest BCUT2D eigenvalue weighted by atomic mass is 16.5. The first-order valence-corrected chi connectivity index (χ1v) is 13.0. The van der Waals surface area contributed by atoms with Gasteiger partial charge in [0.05, 0.1) is 17.7 Å². The summed E-state index contributed by atoms with van der Waals surface area (Å²) in [5.74, 6) is 0.861. The van der Waals surface area contributed by atoms with Gasteiger partial charge in [-0.25, -0.2) is 4.68 Å². The van der Waals surface area contributed by atoms with Crippen LogP contribution in [-0.2, 0) is 16.8 Å². The molecule has 1 aliphatic heterocycles. The number of nitrogens with zero attached hydrogens (tertiary/aromatic N) is 5. The van der Waals surface area contributed by atoms with Crippen molar-refractivity contribution in [3.05, 3.63) is 51.1 Å². The van der Waals surface area contributed by atoms with Gasteiger partial charge in [0, 0.05) is 30.8 Å². The summed E-state index contributed by atoms with van der Waals surface area (Å²) in [6, 6.07) is 6.24. The second-order valence-electron chi connectivity index (χ2n) is 10.6. The number of aromatic nitrogens is 5. The lowest BCUT2D eigenvalue weighted by Crippen LogP contribution is -2.39. The van der Waals surface area contributed by atoms with Crippen molar-refractivity contribution < 1.29 is 4.74 Å². The van der Waals surface area contributed by atoms with E-state index in [1.807, 2.05) is 10.7 Å². The molecule has 3 aromatic rings. The standard InChI is InChI=1S/C27H40N6O2/c1-7-10-24(25-29-30-31-33(25)27(5,6)8-2)32(17-22-11-9-12-35-22)16-21-15-20-13-18(3)19(4)14-23(20)28-26(21)34/h13-15,22,24H,7-12,16-17H2,1-6H3,(H,28,34). The predicted octanol–water partition coefficient (Wildman–Crippen LogP) is 4.80. The van der Waals surface area contributed by atoms with Crippen LogP contribution < -0.4 is 5.56 Å². The van der Waals surface area contributed by atoms with E-state index >= 15 is 0 Å². The molecule has 0 bridgehead atoms. The molecular formula is C27H40N6O2. The summed E-state index contributed by atoms with van der Waals surface area (Å²) < 4.78 is 8.01. The van der Waals surface area contributed by atoms with Crippen LogP contribution in [0, 0.1) is 13.8 Å². The number of H-pyrrole nitrogens is 1. The molecular weight excluding hydrogens is 440 g/mol. The van der Waals surface area contributed by atoms with Gasteiger partial charge in [-0.1, -0.05) is 20.3 Å². The Bertz CT molecular complexity index is 1210. The van der Waals surface area contributed by atoms with Crippen molar-refractivity contribution in [1.29, 1.82) is 0 Å². The average Bonchev–Trinajstić information content (AvgIpc) is 3.51. The number of tetrazole rings is 1. The Kier molecular flexibility index (Phi) is 7.71. The van der Waals surface area contributed by atoms with Crippen molar-refractivity contribution in [2.45, 2.75) is 97.9 Å². The van der Waals surface area contributed by atoms with Gasteiger partial charge in [0.25, 0.3) is 5.56 Å². The quantitative estimate of drug-likeness (QED) is 0.448. The van der Waals surface area contributed by atoms with Crippen LogP contribution in [0.15, 0.2) is 23.0 Å². The van der Waals surface area contributed by atoms with E-state index in [1.54, 1.807) is 0 Å². The number of aromatic amines is 1. The zero-order valence-corrected chi connectivity index (χ0v) is 22.1. The lowest BCUT2D eigenvalue weighted by molar-refractivity contribution is 0.0462. The summed E-state index contributed by atoms with van der Waals surface area (Å²) in [5, 5.41) is 14.0. The first-order valence-electron chi connectivity index (χ1n) is 13.0. The van der Waals surface area contributed by atoms with Gasteiger partial charge in [-0.3, -0.25) is 9.69 Å². The molecule has 0 saturated carbocycles. The van der Waals surface area contributed by atoms with Gasteiger partial charge in [-0.2, -0.15) is 0 Å². The summed E-state index contributed by atoms with van der Waals surface area (Å²) in [4.78, 5) is 18.7. The monoisotopic (exact) mass is 480 g/mol. The van der Waals surface area contributed by atoms with Gasteiger partial charge in [0.15, 0.2) is 5.82 Å². The molecule has 8 heteroatoms. The summed E-state index contributed by atoms with van der Waals surface area (Å²) >= 11 is 0. The topological polar surface area (TPSA) is 88.9 Å². The second-order valence-corrected chi connectivity index (χ2v) is 10.6. The molecule has 4 rings (SSSR count). The molecule has 2 unspecified atom stereocenters. The van der Waals surface area contributed by atoms with Crippen LogP contribution in [0.1, 0.15) is 88.4 Å². The number of benzene rings is 1. The number of fused-ring (bicyclic) bond motifs is 1. The third-order valence-electron chi connectivity index (χ3n) is 7.60. The normalized spacial score (nSPS) is 17.5. The Balaban J connectivity index is 1.75. The van der Waals surface area contributed by atoms with E-state index in [2.05, 4.69) is 79.1 Å². The van der Waals surface area contributed by atoms with Crippen molar-refractivity contribution in [2.75, 3.05) is 13.2 Å². The van der Waals surface area contributed by atoms with E-state index in [-0.39, 0.29) is 23.2 Å². The maximum atomic E-state index is 13.2. The highest BCUT2D eigenvalue weighted by molar-refractivity contribution is 5.80. The Morgan fingerprint density at radius 1 is 1.23 bits per heavy atom. The van der Waals surface area contributed by atoms with Gasteiger partial charge in [-0.15, -0.1) is 5.10 Å². The van der Waals surface area contributed by atoms with Crippen LogP contribution in [0.2, 0.25) is 0 Å². The average molecular weight is 481 g/mol. The Hall–Kier alpha value is -2.58. The van der Waals surface area contributed by atoms with Gasteiger partial charge in [0.1, 0.15) is 0 Å². The smallest absolute Gasteiger partial charge is 0.252 e. The van der Waals surface area contributed by atoms with Gasteiger partial charge < -0.3 is 9.72 Å². The Labute approximate surface area is 208 Å². The van der Waals surface area contributed by atoms with Gasteiger partial charge in [0.2, 0.25) is 0 Å². The summed E-state index contributed by atoms with van der Waals surface area (Å²) in [6.45, 7) is 14.9. The molecule has 35 heavy (non-hydrogen) atoms. The van der Waals surface area contributed by atoms with Crippen LogP contribution in [0.3, 0.4) is 0 Å². The molecule has 190 valence electrons. The van der Waals surface area contributed by atoms with Gasteiger partial charge in [-0.05, 0) is 98.5 Å². The molecule has 1 saturated heterocycles. The predicted molar refractivity (Wildman–Crippen MR) is 139 cm³/mol. The molecule has 1 aromatic carbocycles. The van der Waals surface area contributed by atoms with E-state index in [9.17, 15) is 4.79 Å².